The number of hydrogen-bond donors (Lipinski definition) is 3. The molecule has 3 atom stereocenters. The normalized spacial score (nSPS) is 19.4. The molecule has 2 aliphatic rings. The second kappa shape index (κ2) is 12.7. The van der Waals surface area contributed by atoms with Crippen molar-refractivity contribution < 1.29 is 38.9 Å². The molecule has 2 amide bonds. The van der Waals surface area contributed by atoms with Crippen molar-refractivity contribution in [3.63, 3.8) is 0 Å². The molecule has 1 aromatic carbocycles. The maximum atomic E-state index is 12.9. The maximum absolute atomic E-state index is 12.9. The fourth-order valence-electron chi connectivity index (χ4n) is 3.74. The number of aromatic nitrogens is 2. The molecule has 0 bridgehead atoms. The molecule has 1 fully saturated rings. The van der Waals surface area contributed by atoms with E-state index in [4.69, 9.17) is 9.47 Å². The number of carboxylic acid groups (broad SMARTS) is 1. The van der Waals surface area contributed by atoms with Crippen LogP contribution in [0.5, 0.6) is 0 Å². The zero-order chi connectivity index (χ0) is 27.2. The molecular formula is C23H24N4O8S3. The van der Waals surface area contributed by atoms with Crippen molar-refractivity contribution in [2.45, 2.75) is 35.4 Å². The Bertz CT molecular complexity index is 1240. The van der Waals surface area contributed by atoms with Gasteiger partial charge in [0.1, 0.15) is 35.3 Å². The zero-order valence-corrected chi connectivity index (χ0v) is 22.5. The molecule has 0 aliphatic carbocycles. The van der Waals surface area contributed by atoms with Gasteiger partial charge in [0, 0.05) is 11.5 Å². The number of ether oxygens (including phenoxy) is 2. The third-order valence-electron chi connectivity index (χ3n) is 5.48. The Balaban J connectivity index is 1.34. The Hall–Kier alpha value is -2.98. The summed E-state index contributed by atoms with van der Waals surface area (Å²) in [6.07, 6.45) is -1.44. The van der Waals surface area contributed by atoms with Gasteiger partial charge in [0.25, 0.3) is 11.8 Å². The lowest BCUT2D eigenvalue weighted by Gasteiger charge is -2.49. The van der Waals surface area contributed by atoms with Gasteiger partial charge < -0.3 is 25.0 Å². The van der Waals surface area contributed by atoms with Gasteiger partial charge in [0.15, 0.2) is 10.4 Å². The molecular weight excluding hydrogens is 556 g/mol. The summed E-state index contributed by atoms with van der Waals surface area (Å²) in [5.74, 6) is -2.37. The SMILES string of the molecule is CCOC(=O)COCc1nnc(SCC2=C(C(=O)O)N3C(=O)C(NC(=O)[C@H](O)c4ccccc4)[C@H]3SC2)s1. The summed E-state index contributed by atoms with van der Waals surface area (Å²) in [5.41, 5.74) is 0.824. The average molecular weight is 581 g/mol. The number of rotatable bonds is 12. The van der Waals surface area contributed by atoms with Crippen molar-refractivity contribution in [1.29, 1.82) is 0 Å². The van der Waals surface area contributed by atoms with Crippen LogP contribution in [0.15, 0.2) is 45.9 Å². The molecule has 1 aromatic heterocycles. The lowest BCUT2D eigenvalue weighted by molar-refractivity contribution is -0.151. The molecule has 3 heterocycles. The van der Waals surface area contributed by atoms with Crippen LogP contribution in [-0.2, 0) is 35.3 Å². The van der Waals surface area contributed by atoms with E-state index in [1.165, 1.54) is 39.8 Å². The van der Waals surface area contributed by atoms with E-state index in [0.717, 1.165) is 0 Å². The van der Waals surface area contributed by atoms with Crippen molar-refractivity contribution in [3.05, 3.63) is 52.2 Å². The van der Waals surface area contributed by atoms with Crippen LogP contribution in [0.2, 0.25) is 0 Å². The van der Waals surface area contributed by atoms with E-state index in [1.54, 1.807) is 37.3 Å². The number of nitrogens with zero attached hydrogens (tertiary/aromatic N) is 3. The Morgan fingerprint density at radius 1 is 1.26 bits per heavy atom. The van der Waals surface area contributed by atoms with Crippen molar-refractivity contribution in [3.8, 4) is 0 Å². The minimum atomic E-state index is -1.44. The predicted molar refractivity (Wildman–Crippen MR) is 138 cm³/mol. The number of carboxylic acids is 1. The van der Waals surface area contributed by atoms with Crippen molar-refractivity contribution >= 4 is 58.6 Å². The molecule has 202 valence electrons. The van der Waals surface area contributed by atoms with Gasteiger partial charge in [-0.2, -0.15) is 0 Å². The number of carbonyl (C=O) groups is 4. The number of β-lactam (4-membered cyclic amide) rings is 1. The van der Waals surface area contributed by atoms with E-state index >= 15 is 0 Å². The standard InChI is InChI=1S/C23H24N4O8S3/c1-2-35-15(28)9-34-8-14-25-26-23(38-14)37-11-13-10-36-21-16(20(31)27(21)17(13)22(32)33)24-19(30)18(29)12-6-4-3-5-7-12/h3-7,16,18,21,29H,2,8-11H2,1H3,(H,24,30)(H,32,33)/t16?,18-,21-/m1/s1. The lowest BCUT2D eigenvalue weighted by atomic mass is 10.0. The Morgan fingerprint density at radius 2 is 2.03 bits per heavy atom. The van der Waals surface area contributed by atoms with E-state index < -0.39 is 41.3 Å². The van der Waals surface area contributed by atoms with Crippen molar-refractivity contribution in [2.24, 2.45) is 0 Å². The highest BCUT2D eigenvalue weighted by Gasteiger charge is 2.54. The molecule has 15 heteroatoms. The zero-order valence-electron chi connectivity index (χ0n) is 20.1. The van der Waals surface area contributed by atoms with Crippen LogP contribution < -0.4 is 5.32 Å². The monoisotopic (exact) mass is 580 g/mol. The topological polar surface area (TPSA) is 168 Å². The summed E-state index contributed by atoms with van der Waals surface area (Å²) in [7, 11) is 0. The van der Waals surface area contributed by atoms with E-state index in [-0.39, 0.29) is 31.3 Å². The van der Waals surface area contributed by atoms with Crippen molar-refractivity contribution in [1.82, 2.24) is 20.4 Å². The molecule has 0 radical (unpaired) electrons. The number of thioether (sulfide) groups is 2. The van der Waals surface area contributed by atoms with Gasteiger partial charge in [-0.05, 0) is 18.1 Å². The molecule has 2 aliphatic heterocycles. The van der Waals surface area contributed by atoms with E-state index in [9.17, 15) is 29.4 Å². The Labute approximate surface area is 229 Å². The van der Waals surface area contributed by atoms with Crippen molar-refractivity contribution in [2.75, 3.05) is 24.7 Å². The number of aliphatic hydroxyl groups is 1. The number of benzene rings is 1. The van der Waals surface area contributed by atoms with Crippen LogP contribution >= 0.6 is 34.9 Å². The lowest BCUT2D eigenvalue weighted by Crippen LogP contribution is -2.70. The molecule has 1 unspecified atom stereocenters. The van der Waals surface area contributed by atoms with Gasteiger partial charge in [-0.3, -0.25) is 14.5 Å². The molecule has 0 spiro atoms. The fourth-order valence-corrected chi connectivity index (χ4v) is 7.06. The first-order chi connectivity index (χ1) is 18.3. The quantitative estimate of drug-likeness (QED) is 0.187. The summed E-state index contributed by atoms with van der Waals surface area (Å²) >= 11 is 3.88. The van der Waals surface area contributed by atoms with Gasteiger partial charge in [-0.25, -0.2) is 9.59 Å². The molecule has 4 rings (SSSR count). The first-order valence-electron chi connectivity index (χ1n) is 11.4. The van der Waals surface area contributed by atoms with Gasteiger partial charge in [-0.15, -0.1) is 22.0 Å². The Kier molecular flexibility index (Phi) is 9.38. The smallest absolute Gasteiger partial charge is 0.352 e. The highest BCUT2D eigenvalue weighted by Crippen LogP contribution is 2.42. The molecule has 38 heavy (non-hydrogen) atoms. The second-order valence-electron chi connectivity index (χ2n) is 8.01. The van der Waals surface area contributed by atoms with Crippen LogP contribution in [0.25, 0.3) is 0 Å². The molecule has 1 saturated heterocycles. The highest BCUT2D eigenvalue weighted by atomic mass is 32.2. The van der Waals surface area contributed by atoms with Crippen LogP contribution in [-0.4, -0.2) is 85.2 Å². The van der Waals surface area contributed by atoms with Crippen LogP contribution in [0.1, 0.15) is 23.6 Å². The Morgan fingerprint density at radius 3 is 2.74 bits per heavy atom. The van der Waals surface area contributed by atoms with Gasteiger partial charge in [0.05, 0.1) is 6.61 Å². The van der Waals surface area contributed by atoms with Gasteiger partial charge >= 0.3 is 11.9 Å². The second-order valence-corrected chi connectivity index (χ2v) is 11.4. The van der Waals surface area contributed by atoms with E-state index in [2.05, 4.69) is 15.5 Å². The summed E-state index contributed by atoms with van der Waals surface area (Å²) in [4.78, 5) is 50.0. The number of aliphatic carboxylic acids is 1. The first-order valence-corrected chi connectivity index (χ1v) is 14.3. The third-order valence-corrected chi connectivity index (χ3v) is 8.94. The fraction of sp³-hybridized carbons (Fsp3) is 0.391. The average Bonchev–Trinajstić information content (AvgIpc) is 3.37. The number of nitrogens with one attached hydrogen (secondary N) is 1. The third kappa shape index (κ3) is 6.35. The number of esters is 1. The van der Waals surface area contributed by atoms with Crippen LogP contribution in [0.3, 0.4) is 0 Å². The first kappa shape index (κ1) is 28.0. The molecule has 0 saturated carbocycles. The number of hydrogen-bond acceptors (Lipinski definition) is 12. The highest BCUT2D eigenvalue weighted by molar-refractivity contribution is 8.01. The van der Waals surface area contributed by atoms with Crippen LogP contribution in [0.4, 0.5) is 0 Å². The minimum Gasteiger partial charge on any atom is -0.477 e. The molecule has 2 aromatic rings. The number of aliphatic hydroxyl groups excluding tert-OH is 1. The number of carbonyl (C=O) groups excluding carboxylic acids is 3. The van der Waals surface area contributed by atoms with Gasteiger partial charge in [-0.1, -0.05) is 53.4 Å². The van der Waals surface area contributed by atoms with E-state index in [1.807, 2.05) is 0 Å². The summed E-state index contributed by atoms with van der Waals surface area (Å²) in [5, 5.41) is 30.8. The minimum absolute atomic E-state index is 0.0893. The van der Waals surface area contributed by atoms with Gasteiger partial charge in [0.2, 0.25) is 0 Å². The predicted octanol–water partition coefficient (Wildman–Crippen LogP) is 1.18. The summed E-state index contributed by atoms with van der Waals surface area (Å²) < 4.78 is 10.6. The number of fused-ring (bicyclic) bond motifs is 1. The van der Waals surface area contributed by atoms with Crippen LogP contribution in [0, 0.1) is 0 Å². The molecule has 12 nitrogen and oxygen atoms in total. The largest absolute Gasteiger partial charge is 0.477 e. The summed E-state index contributed by atoms with van der Waals surface area (Å²) in [6.45, 7) is 1.87. The van der Waals surface area contributed by atoms with E-state index in [0.29, 0.717) is 26.2 Å². The molecule has 3 N–H and O–H groups in total. The maximum Gasteiger partial charge on any atom is 0.352 e. The summed E-state index contributed by atoms with van der Waals surface area (Å²) in [6, 6.07) is 7.39. The number of amides is 2.